The van der Waals surface area contributed by atoms with Gasteiger partial charge in [-0.15, -0.1) is 0 Å². The van der Waals surface area contributed by atoms with Crippen LogP contribution >= 0.6 is 0 Å². The Morgan fingerprint density at radius 1 is 1.37 bits per heavy atom. The van der Waals surface area contributed by atoms with Gasteiger partial charge in [-0.05, 0) is 17.7 Å². The molecular formula is C14H17N3O2. The lowest BCUT2D eigenvalue weighted by Gasteiger charge is -2.26. The summed E-state index contributed by atoms with van der Waals surface area (Å²) in [7, 11) is 1.97. The third kappa shape index (κ3) is 2.46. The number of hydrogen-bond acceptors (Lipinski definition) is 3. The third-order valence-corrected chi connectivity index (χ3v) is 3.51. The number of hydrogen-bond donors (Lipinski definition) is 0. The van der Waals surface area contributed by atoms with Crippen molar-refractivity contribution in [1.82, 2.24) is 14.5 Å². The van der Waals surface area contributed by atoms with Crippen molar-refractivity contribution in [2.24, 2.45) is 7.05 Å². The molecule has 0 atom stereocenters. The maximum Gasteiger partial charge on any atom is 0.227 e. The molecule has 0 radical (unpaired) electrons. The smallest absolute Gasteiger partial charge is 0.227 e. The summed E-state index contributed by atoms with van der Waals surface area (Å²) in [5.74, 6) is 0.165. The van der Waals surface area contributed by atoms with Crippen LogP contribution < -0.4 is 0 Å². The van der Waals surface area contributed by atoms with Gasteiger partial charge in [0.15, 0.2) is 0 Å². The van der Waals surface area contributed by atoms with Gasteiger partial charge >= 0.3 is 0 Å². The van der Waals surface area contributed by atoms with E-state index >= 15 is 0 Å². The van der Waals surface area contributed by atoms with Crippen LogP contribution in [0.3, 0.4) is 0 Å². The molecule has 0 saturated carbocycles. The Hall–Kier alpha value is -1.88. The van der Waals surface area contributed by atoms with Crippen LogP contribution in [0.2, 0.25) is 0 Å². The second-order valence-electron chi connectivity index (χ2n) is 4.85. The van der Waals surface area contributed by atoms with Crippen molar-refractivity contribution in [1.29, 1.82) is 0 Å². The fourth-order valence-electron chi connectivity index (χ4n) is 2.39. The maximum atomic E-state index is 12.2. The first-order chi connectivity index (χ1) is 9.24. The minimum atomic E-state index is 0.165. The molecule has 3 rings (SSSR count). The molecule has 5 nitrogen and oxygen atoms in total. The average Bonchev–Trinajstić information content (AvgIpc) is 2.81. The van der Waals surface area contributed by atoms with Gasteiger partial charge in [0, 0.05) is 20.1 Å². The van der Waals surface area contributed by atoms with Crippen LogP contribution in [-0.2, 0) is 23.0 Å². The minimum absolute atomic E-state index is 0.165. The molecule has 1 amide bonds. The molecular weight excluding hydrogens is 242 g/mol. The van der Waals surface area contributed by atoms with E-state index in [-0.39, 0.29) is 5.91 Å². The molecule has 1 fully saturated rings. The molecule has 100 valence electrons. The van der Waals surface area contributed by atoms with Crippen molar-refractivity contribution in [3.8, 4) is 0 Å². The summed E-state index contributed by atoms with van der Waals surface area (Å²) >= 11 is 0. The lowest BCUT2D eigenvalue weighted by Crippen LogP contribution is -2.41. The summed E-state index contributed by atoms with van der Waals surface area (Å²) in [4.78, 5) is 18.3. The first kappa shape index (κ1) is 12.2. The third-order valence-electron chi connectivity index (χ3n) is 3.51. The highest BCUT2D eigenvalue weighted by Crippen LogP contribution is 2.15. The monoisotopic (exact) mass is 259 g/mol. The Balaban J connectivity index is 1.75. The van der Waals surface area contributed by atoms with E-state index < -0.39 is 0 Å². The Kier molecular flexibility index (Phi) is 3.21. The van der Waals surface area contributed by atoms with Crippen molar-refractivity contribution >= 4 is 16.9 Å². The molecule has 5 heteroatoms. The zero-order chi connectivity index (χ0) is 13.2. The zero-order valence-corrected chi connectivity index (χ0v) is 11.0. The van der Waals surface area contributed by atoms with E-state index in [1.807, 2.05) is 34.7 Å². The summed E-state index contributed by atoms with van der Waals surface area (Å²) in [6.07, 6.45) is 2.23. The second-order valence-corrected chi connectivity index (χ2v) is 4.85. The molecule has 1 aromatic heterocycles. The molecule has 1 saturated heterocycles. The van der Waals surface area contributed by atoms with Crippen LogP contribution in [0.15, 0.2) is 24.5 Å². The van der Waals surface area contributed by atoms with Gasteiger partial charge in [-0.1, -0.05) is 6.07 Å². The van der Waals surface area contributed by atoms with E-state index in [1.165, 1.54) is 0 Å². The predicted molar refractivity (Wildman–Crippen MR) is 71.8 cm³/mol. The molecule has 1 aliphatic heterocycles. The summed E-state index contributed by atoms with van der Waals surface area (Å²) in [5.41, 5.74) is 3.04. The Morgan fingerprint density at radius 3 is 2.95 bits per heavy atom. The molecule has 0 unspecified atom stereocenters. The highest BCUT2D eigenvalue weighted by Gasteiger charge is 2.17. The van der Waals surface area contributed by atoms with Crippen LogP contribution in [0, 0.1) is 0 Å². The molecule has 19 heavy (non-hydrogen) atoms. The Bertz CT molecular complexity index is 600. The number of imidazole rings is 1. The number of rotatable bonds is 2. The van der Waals surface area contributed by atoms with Crippen LogP contribution in [0.1, 0.15) is 5.56 Å². The first-order valence-corrected chi connectivity index (χ1v) is 6.49. The van der Waals surface area contributed by atoms with Crippen molar-refractivity contribution < 1.29 is 9.53 Å². The average molecular weight is 259 g/mol. The molecule has 0 N–H and O–H groups in total. The van der Waals surface area contributed by atoms with Crippen molar-refractivity contribution in [3.05, 3.63) is 30.1 Å². The van der Waals surface area contributed by atoms with Crippen LogP contribution in [-0.4, -0.2) is 46.7 Å². The van der Waals surface area contributed by atoms with Crippen molar-refractivity contribution in [2.45, 2.75) is 6.42 Å². The SMILES string of the molecule is Cn1cnc2cc(CC(=O)N3CCOCC3)ccc21. The normalized spacial score (nSPS) is 15.9. The number of fused-ring (bicyclic) bond motifs is 1. The predicted octanol–water partition coefficient (Wildman–Crippen LogP) is 0.975. The maximum absolute atomic E-state index is 12.2. The van der Waals surface area contributed by atoms with Crippen molar-refractivity contribution in [2.75, 3.05) is 26.3 Å². The van der Waals surface area contributed by atoms with Gasteiger partial charge in [-0.25, -0.2) is 4.98 Å². The summed E-state index contributed by atoms with van der Waals surface area (Å²) in [6, 6.07) is 6.01. The van der Waals surface area contributed by atoms with Gasteiger partial charge in [-0.2, -0.15) is 0 Å². The van der Waals surface area contributed by atoms with Crippen molar-refractivity contribution in [3.63, 3.8) is 0 Å². The van der Waals surface area contributed by atoms with E-state index in [0.717, 1.165) is 16.6 Å². The lowest BCUT2D eigenvalue weighted by molar-refractivity contribution is -0.134. The molecule has 0 aliphatic carbocycles. The van der Waals surface area contributed by atoms with Gasteiger partial charge in [0.2, 0.25) is 5.91 Å². The van der Waals surface area contributed by atoms with E-state index in [1.54, 1.807) is 6.33 Å². The van der Waals surface area contributed by atoms with E-state index in [2.05, 4.69) is 4.98 Å². The van der Waals surface area contributed by atoms with Gasteiger partial charge in [0.05, 0.1) is 37.0 Å². The molecule has 1 aromatic carbocycles. The quantitative estimate of drug-likeness (QED) is 0.807. The molecule has 1 aliphatic rings. The lowest BCUT2D eigenvalue weighted by atomic mass is 10.1. The molecule has 0 bridgehead atoms. The number of benzene rings is 1. The number of aryl methyl sites for hydroxylation is 1. The number of amides is 1. The molecule has 2 aromatic rings. The number of morpholine rings is 1. The van der Waals surface area contributed by atoms with E-state index in [4.69, 9.17) is 4.74 Å². The number of carbonyl (C=O) groups is 1. The largest absolute Gasteiger partial charge is 0.378 e. The summed E-state index contributed by atoms with van der Waals surface area (Å²) < 4.78 is 7.23. The van der Waals surface area contributed by atoms with E-state index in [9.17, 15) is 4.79 Å². The van der Waals surface area contributed by atoms with Gasteiger partial charge in [0.25, 0.3) is 0 Å². The number of carbonyl (C=O) groups excluding carboxylic acids is 1. The summed E-state index contributed by atoms with van der Waals surface area (Å²) in [5, 5.41) is 0. The highest BCUT2D eigenvalue weighted by molar-refractivity contribution is 5.82. The topological polar surface area (TPSA) is 47.4 Å². The van der Waals surface area contributed by atoms with Crippen LogP contribution in [0.25, 0.3) is 11.0 Å². The standard InChI is InChI=1S/C14H17N3O2/c1-16-10-15-12-8-11(2-3-13(12)16)9-14(18)17-4-6-19-7-5-17/h2-3,8,10H,4-7,9H2,1H3. The fourth-order valence-corrected chi connectivity index (χ4v) is 2.39. The Labute approximate surface area is 111 Å². The number of nitrogens with zero attached hydrogens (tertiary/aromatic N) is 3. The van der Waals surface area contributed by atoms with Crippen LogP contribution in [0.5, 0.6) is 0 Å². The fraction of sp³-hybridized carbons (Fsp3) is 0.429. The number of aromatic nitrogens is 2. The second kappa shape index (κ2) is 5.01. The van der Waals surface area contributed by atoms with Gasteiger partial charge in [-0.3, -0.25) is 4.79 Å². The summed E-state index contributed by atoms with van der Waals surface area (Å²) in [6.45, 7) is 2.69. The van der Waals surface area contributed by atoms with Crippen LogP contribution in [0.4, 0.5) is 0 Å². The highest BCUT2D eigenvalue weighted by atomic mass is 16.5. The van der Waals surface area contributed by atoms with E-state index in [0.29, 0.717) is 32.7 Å². The molecule has 2 heterocycles. The minimum Gasteiger partial charge on any atom is -0.378 e. The Morgan fingerprint density at radius 2 is 2.16 bits per heavy atom. The van der Waals surface area contributed by atoms with Gasteiger partial charge < -0.3 is 14.2 Å². The molecule has 0 spiro atoms. The first-order valence-electron chi connectivity index (χ1n) is 6.49. The number of ether oxygens (including phenoxy) is 1. The van der Waals surface area contributed by atoms with Gasteiger partial charge in [0.1, 0.15) is 0 Å². The zero-order valence-electron chi connectivity index (χ0n) is 11.0.